The molecule has 1 aliphatic heterocycles. The second-order valence-electron chi connectivity index (χ2n) is 5.67. The van der Waals surface area contributed by atoms with Crippen LogP contribution in [0, 0.1) is 11.2 Å². The number of nitrogens with zero attached hydrogens (tertiary/aromatic N) is 1. The summed E-state index contributed by atoms with van der Waals surface area (Å²) >= 11 is 0. The van der Waals surface area contributed by atoms with Crippen LogP contribution in [0.4, 0.5) is 4.39 Å². The van der Waals surface area contributed by atoms with Crippen molar-refractivity contribution in [2.75, 3.05) is 32.8 Å². The maximum atomic E-state index is 12.8. The molecule has 0 bridgehead atoms. The number of piperazine rings is 1. The number of amides is 1. The van der Waals surface area contributed by atoms with Gasteiger partial charge < -0.3 is 15.0 Å². The first-order valence-corrected chi connectivity index (χ1v) is 6.87. The lowest BCUT2D eigenvalue weighted by Gasteiger charge is -2.34. The highest BCUT2D eigenvalue weighted by Crippen LogP contribution is 2.22. The van der Waals surface area contributed by atoms with E-state index in [1.807, 2.05) is 18.7 Å². The van der Waals surface area contributed by atoms with Gasteiger partial charge in [-0.25, -0.2) is 4.39 Å². The van der Waals surface area contributed by atoms with Gasteiger partial charge in [-0.05, 0) is 38.1 Å². The van der Waals surface area contributed by atoms with Crippen molar-refractivity contribution in [3.63, 3.8) is 0 Å². The third-order valence-electron chi connectivity index (χ3n) is 3.40. The van der Waals surface area contributed by atoms with Crippen molar-refractivity contribution in [1.29, 1.82) is 0 Å². The van der Waals surface area contributed by atoms with Crippen molar-refractivity contribution < 1.29 is 13.9 Å². The molecule has 110 valence electrons. The number of ether oxygens (including phenoxy) is 1. The molecule has 0 aliphatic carbocycles. The van der Waals surface area contributed by atoms with Crippen LogP contribution in [0.15, 0.2) is 24.3 Å². The third-order valence-corrected chi connectivity index (χ3v) is 3.40. The van der Waals surface area contributed by atoms with E-state index in [1.54, 1.807) is 12.1 Å². The molecular formula is C15H21FN2O2. The minimum Gasteiger partial charge on any atom is -0.492 e. The normalized spacial score (nSPS) is 16.1. The minimum absolute atomic E-state index is 0.0983. The summed E-state index contributed by atoms with van der Waals surface area (Å²) in [5.41, 5.74) is -0.592. The molecule has 0 atom stereocenters. The van der Waals surface area contributed by atoms with E-state index >= 15 is 0 Å². The third kappa shape index (κ3) is 3.70. The highest BCUT2D eigenvalue weighted by molar-refractivity contribution is 5.82. The molecule has 0 radical (unpaired) electrons. The first-order chi connectivity index (χ1) is 9.49. The Hall–Kier alpha value is -1.62. The lowest BCUT2D eigenvalue weighted by atomic mass is 9.92. The van der Waals surface area contributed by atoms with E-state index in [0.29, 0.717) is 5.75 Å². The van der Waals surface area contributed by atoms with Crippen molar-refractivity contribution in [2.45, 2.75) is 13.8 Å². The SMILES string of the molecule is CC(C)(COc1ccc(F)cc1)C(=O)N1CCNCC1. The number of hydrogen-bond donors (Lipinski definition) is 1. The largest absolute Gasteiger partial charge is 0.492 e. The van der Waals surface area contributed by atoms with Crippen LogP contribution in [-0.2, 0) is 4.79 Å². The lowest BCUT2D eigenvalue weighted by Crippen LogP contribution is -2.51. The highest BCUT2D eigenvalue weighted by atomic mass is 19.1. The fourth-order valence-corrected chi connectivity index (χ4v) is 2.15. The average molecular weight is 280 g/mol. The fourth-order valence-electron chi connectivity index (χ4n) is 2.15. The summed E-state index contributed by atoms with van der Waals surface area (Å²) in [7, 11) is 0. The monoisotopic (exact) mass is 280 g/mol. The number of rotatable bonds is 4. The van der Waals surface area contributed by atoms with Crippen LogP contribution in [0.3, 0.4) is 0 Å². The summed E-state index contributed by atoms with van der Waals surface area (Å²) in [5.74, 6) is 0.377. The molecule has 0 spiro atoms. The lowest BCUT2D eigenvalue weighted by molar-refractivity contribution is -0.142. The van der Waals surface area contributed by atoms with E-state index < -0.39 is 5.41 Å². The van der Waals surface area contributed by atoms with Gasteiger partial charge in [-0.3, -0.25) is 4.79 Å². The van der Waals surface area contributed by atoms with Gasteiger partial charge in [-0.15, -0.1) is 0 Å². The van der Waals surface area contributed by atoms with Crippen LogP contribution in [0.5, 0.6) is 5.75 Å². The molecule has 1 aromatic carbocycles. The topological polar surface area (TPSA) is 41.6 Å². The van der Waals surface area contributed by atoms with Gasteiger partial charge in [0, 0.05) is 26.2 Å². The molecular weight excluding hydrogens is 259 g/mol. The zero-order valence-electron chi connectivity index (χ0n) is 12.0. The number of hydrogen-bond acceptors (Lipinski definition) is 3. The minimum atomic E-state index is -0.592. The standard InChI is InChI=1S/C15H21FN2O2/c1-15(2,14(19)18-9-7-17-8-10-18)11-20-13-5-3-12(16)4-6-13/h3-6,17H,7-11H2,1-2H3. The molecule has 0 saturated carbocycles. The Morgan fingerprint density at radius 1 is 1.30 bits per heavy atom. The van der Waals surface area contributed by atoms with E-state index in [4.69, 9.17) is 4.74 Å². The first kappa shape index (κ1) is 14.8. The zero-order chi connectivity index (χ0) is 14.6. The molecule has 1 aromatic rings. The van der Waals surface area contributed by atoms with Crippen molar-refractivity contribution >= 4 is 5.91 Å². The maximum Gasteiger partial charge on any atom is 0.231 e. The summed E-state index contributed by atoms with van der Waals surface area (Å²) in [6.45, 7) is 7.17. The Morgan fingerprint density at radius 3 is 2.50 bits per heavy atom. The number of nitrogens with one attached hydrogen (secondary N) is 1. The molecule has 1 fully saturated rings. The average Bonchev–Trinajstić information content (AvgIpc) is 2.47. The van der Waals surface area contributed by atoms with E-state index in [1.165, 1.54) is 12.1 Å². The van der Waals surface area contributed by atoms with E-state index in [0.717, 1.165) is 26.2 Å². The van der Waals surface area contributed by atoms with E-state index in [-0.39, 0.29) is 18.3 Å². The Balaban J connectivity index is 1.92. The predicted molar refractivity (Wildman–Crippen MR) is 75.1 cm³/mol. The van der Waals surface area contributed by atoms with Gasteiger partial charge in [0.1, 0.15) is 18.2 Å². The number of halogens is 1. The van der Waals surface area contributed by atoms with Crippen molar-refractivity contribution in [3.05, 3.63) is 30.1 Å². The van der Waals surface area contributed by atoms with Gasteiger partial charge in [-0.2, -0.15) is 0 Å². The quantitative estimate of drug-likeness (QED) is 0.912. The highest BCUT2D eigenvalue weighted by Gasteiger charge is 2.33. The van der Waals surface area contributed by atoms with Crippen molar-refractivity contribution in [1.82, 2.24) is 10.2 Å². The second kappa shape index (κ2) is 6.22. The molecule has 1 heterocycles. The van der Waals surface area contributed by atoms with Crippen LogP contribution < -0.4 is 10.1 Å². The molecule has 1 aliphatic rings. The smallest absolute Gasteiger partial charge is 0.231 e. The molecule has 4 nitrogen and oxygen atoms in total. The van der Waals surface area contributed by atoms with Crippen LogP contribution in [0.1, 0.15) is 13.8 Å². The Labute approximate surface area is 118 Å². The summed E-state index contributed by atoms with van der Waals surface area (Å²) in [4.78, 5) is 14.3. The molecule has 0 unspecified atom stereocenters. The molecule has 5 heteroatoms. The van der Waals surface area contributed by atoms with Gasteiger partial charge >= 0.3 is 0 Å². The van der Waals surface area contributed by atoms with E-state index in [9.17, 15) is 9.18 Å². The maximum absolute atomic E-state index is 12.8. The van der Waals surface area contributed by atoms with Gasteiger partial charge in [0.15, 0.2) is 0 Å². The Kier molecular flexibility index (Phi) is 4.60. The van der Waals surface area contributed by atoms with Crippen LogP contribution in [0.25, 0.3) is 0 Å². The fraction of sp³-hybridized carbons (Fsp3) is 0.533. The van der Waals surface area contributed by atoms with Crippen molar-refractivity contribution in [3.8, 4) is 5.75 Å². The van der Waals surface area contributed by atoms with Crippen LogP contribution >= 0.6 is 0 Å². The Morgan fingerprint density at radius 2 is 1.90 bits per heavy atom. The van der Waals surface area contributed by atoms with Gasteiger partial charge in [0.25, 0.3) is 0 Å². The second-order valence-corrected chi connectivity index (χ2v) is 5.67. The first-order valence-electron chi connectivity index (χ1n) is 6.87. The summed E-state index contributed by atoms with van der Waals surface area (Å²) < 4.78 is 18.4. The zero-order valence-corrected chi connectivity index (χ0v) is 12.0. The summed E-state index contributed by atoms with van der Waals surface area (Å²) in [6.07, 6.45) is 0. The Bertz CT molecular complexity index is 453. The van der Waals surface area contributed by atoms with Gasteiger partial charge in [-0.1, -0.05) is 0 Å². The van der Waals surface area contributed by atoms with Crippen molar-refractivity contribution in [2.24, 2.45) is 5.41 Å². The number of carbonyl (C=O) groups excluding carboxylic acids is 1. The van der Waals surface area contributed by atoms with Gasteiger partial charge in [0.05, 0.1) is 5.41 Å². The molecule has 2 rings (SSSR count). The van der Waals surface area contributed by atoms with E-state index in [2.05, 4.69) is 5.32 Å². The predicted octanol–water partition coefficient (Wildman–Crippen LogP) is 1.66. The molecule has 1 saturated heterocycles. The van der Waals surface area contributed by atoms with Crippen LogP contribution in [0.2, 0.25) is 0 Å². The molecule has 1 amide bonds. The summed E-state index contributed by atoms with van der Waals surface area (Å²) in [5, 5.41) is 3.22. The number of benzene rings is 1. The molecule has 20 heavy (non-hydrogen) atoms. The van der Waals surface area contributed by atoms with Gasteiger partial charge in [0.2, 0.25) is 5.91 Å². The molecule has 0 aromatic heterocycles. The molecule has 1 N–H and O–H groups in total. The number of carbonyl (C=O) groups is 1. The van der Waals surface area contributed by atoms with Crippen LogP contribution in [-0.4, -0.2) is 43.6 Å². The summed E-state index contributed by atoms with van der Waals surface area (Å²) in [6, 6.07) is 5.84.